The summed E-state index contributed by atoms with van der Waals surface area (Å²) < 4.78 is 5.58. The molecule has 0 radical (unpaired) electrons. The monoisotopic (exact) mass is 250 g/mol. The van der Waals surface area contributed by atoms with Crippen molar-refractivity contribution >= 4 is 5.91 Å². The number of para-hydroxylation sites is 1. The van der Waals surface area contributed by atoms with Gasteiger partial charge in [0.25, 0.3) is 0 Å². The molecule has 1 unspecified atom stereocenters. The van der Waals surface area contributed by atoms with Gasteiger partial charge in [0.1, 0.15) is 5.75 Å². The van der Waals surface area contributed by atoms with Gasteiger partial charge in [-0.2, -0.15) is 0 Å². The largest absolute Gasteiger partial charge is 0.494 e. The van der Waals surface area contributed by atoms with Crippen LogP contribution >= 0.6 is 0 Å². The zero-order chi connectivity index (χ0) is 13.5. The lowest BCUT2D eigenvalue weighted by atomic mass is 10.1. The average Bonchev–Trinajstić information content (AvgIpc) is 2.36. The van der Waals surface area contributed by atoms with Crippen LogP contribution in [0.3, 0.4) is 0 Å². The molecule has 1 aromatic carbocycles. The molecule has 0 fully saturated rings. The third-order valence-electron chi connectivity index (χ3n) is 2.74. The van der Waals surface area contributed by atoms with Gasteiger partial charge in [-0.3, -0.25) is 4.79 Å². The van der Waals surface area contributed by atoms with Gasteiger partial charge in [-0.1, -0.05) is 18.2 Å². The second kappa shape index (κ2) is 7.01. The number of ether oxygens (including phenoxy) is 1. The number of likely N-dealkylation sites (N-methyl/N-ethyl adjacent to an activating group) is 1. The number of hydrogen-bond acceptors (Lipinski definition) is 3. The average molecular weight is 250 g/mol. The van der Waals surface area contributed by atoms with Crippen molar-refractivity contribution in [2.24, 2.45) is 0 Å². The minimum atomic E-state index is 0.0655. The molecule has 0 spiro atoms. The van der Waals surface area contributed by atoms with Gasteiger partial charge in [0.2, 0.25) is 5.91 Å². The Kier molecular flexibility index (Phi) is 5.65. The van der Waals surface area contributed by atoms with Gasteiger partial charge in [0, 0.05) is 25.7 Å². The molecule has 0 aliphatic carbocycles. The molecule has 1 rings (SSSR count). The zero-order valence-corrected chi connectivity index (χ0v) is 11.6. The van der Waals surface area contributed by atoms with Crippen molar-refractivity contribution in [1.82, 2.24) is 10.2 Å². The number of nitrogens with one attached hydrogen (secondary N) is 1. The van der Waals surface area contributed by atoms with Crippen LogP contribution in [0.5, 0.6) is 5.75 Å². The lowest BCUT2D eigenvalue weighted by Crippen LogP contribution is -2.34. The molecule has 0 heterocycles. The van der Waals surface area contributed by atoms with Gasteiger partial charge >= 0.3 is 0 Å². The van der Waals surface area contributed by atoms with Gasteiger partial charge in [-0.15, -0.1) is 0 Å². The van der Waals surface area contributed by atoms with Gasteiger partial charge in [-0.25, -0.2) is 0 Å². The number of benzene rings is 1. The maximum absolute atomic E-state index is 11.5. The fourth-order valence-electron chi connectivity index (χ4n) is 1.63. The molecule has 1 aromatic rings. The van der Waals surface area contributed by atoms with E-state index in [9.17, 15) is 4.79 Å². The predicted molar refractivity (Wildman–Crippen MR) is 72.7 cm³/mol. The fourth-order valence-corrected chi connectivity index (χ4v) is 1.63. The van der Waals surface area contributed by atoms with E-state index in [2.05, 4.69) is 5.32 Å². The number of rotatable bonds is 6. The fraction of sp³-hybridized carbons (Fsp3) is 0.500. The van der Waals surface area contributed by atoms with E-state index in [0.717, 1.165) is 11.3 Å². The van der Waals surface area contributed by atoms with E-state index in [-0.39, 0.29) is 11.9 Å². The van der Waals surface area contributed by atoms with Gasteiger partial charge < -0.3 is 15.0 Å². The third kappa shape index (κ3) is 4.04. The molecule has 1 N–H and O–H groups in total. The highest BCUT2D eigenvalue weighted by atomic mass is 16.5. The molecular weight excluding hydrogens is 228 g/mol. The summed E-state index contributed by atoms with van der Waals surface area (Å²) in [4.78, 5) is 13.1. The second-order valence-corrected chi connectivity index (χ2v) is 4.36. The Morgan fingerprint density at radius 3 is 2.67 bits per heavy atom. The highest BCUT2D eigenvalue weighted by Gasteiger charge is 2.12. The lowest BCUT2D eigenvalue weighted by molar-refractivity contribution is -0.127. The summed E-state index contributed by atoms with van der Waals surface area (Å²) in [7, 11) is 3.51. The Labute approximate surface area is 109 Å². The molecule has 0 aromatic heterocycles. The summed E-state index contributed by atoms with van der Waals surface area (Å²) in [5, 5.41) is 3.21. The Morgan fingerprint density at radius 2 is 2.06 bits per heavy atom. The Hall–Kier alpha value is -1.55. The van der Waals surface area contributed by atoms with Crippen LogP contribution in [0.15, 0.2) is 24.3 Å². The van der Waals surface area contributed by atoms with Gasteiger partial charge in [0.05, 0.1) is 13.2 Å². The number of carbonyl (C=O) groups is 1. The van der Waals surface area contributed by atoms with Gasteiger partial charge in [0.15, 0.2) is 0 Å². The van der Waals surface area contributed by atoms with Crippen molar-refractivity contribution in [3.05, 3.63) is 29.8 Å². The number of nitrogens with zero attached hydrogens (tertiary/aromatic N) is 1. The molecule has 18 heavy (non-hydrogen) atoms. The predicted octanol–water partition coefficient (Wildman–Crippen LogP) is 1.82. The van der Waals surface area contributed by atoms with Crippen LogP contribution in [0, 0.1) is 0 Å². The smallest absolute Gasteiger partial charge is 0.236 e. The van der Waals surface area contributed by atoms with E-state index >= 15 is 0 Å². The van der Waals surface area contributed by atoms with E-state index in [1.807, 2.05) is 38.1 Å². The molecule has 0 bridgehead atoms. The first-order chi connectivity index (χ1) is 8.56. The first-order valence-corrected chi connectivity index (χ1v) is 6.21. The van der Waals surface area contributed by atoms with E-state index in [0.29, 0.717) is 13.2 Å². The summed E-state index contributed by atoms with van der Waals surface area (Å²) in [5.41, 5.74) is 1.07. The van der Waals surface area contributed by atoms with Crippen molar-refractivity contribution in [2.75, 3.05) is 27.2 Å². The molecule has 0 aliphatic heterocycles. The van der Waals surface area contributed by atoms with Crippen molar-refractivity contribution in [3.63, 3.8) is 0 Å². The number of amides is 1. The Morgan fingerprint density at radius 1 is 1.39 bits per heavy atom. The molecule has 0 saturated heterocycles. The van der Waals surface area contributed by atoms with E-state index in [1.165, 1.54) is 0 Å². The van der Waals surface area contributed by atoms with E-state index in [4.69, 9.17) is 4.74 Å². The summed E-state index contributed by atoms with van der Waals surface area (Å²) in [6, 6.07) is 7.97. The standard InChI is InChI=1S/C14H22N2O2/c1-5-18-13-9-7-6-8-12(13)11(2)15-10-14(17)16(3)4/h6-9,11,15H,5,10H2,1-4H3. The molecule has 4 heteroatoms. The molecule has 4 nitrogen and oxygen atoms in total. The topological polar surface area (TPSA) is 41.6 Å². The summed E-state index contributed by atoms with van der Waals surface area (Å²) in [5.74, 6) is 0.938. The van der Waals surface area contributed by atoms with Crippen LogP contribution in [0.1, 0.15) is 25.5 Å². The van der Waals surface area contributed by atoms with Gasteiger partial charge in [-0.05, 0) is 19.9 Å². The number of carbonyl (C=O) groups excluding carboxylic acids is 1. The molecule has 100 valence electrons. The minimum Gasteiger partial charge on any atom is -0.494 e. The van der Waals surface area contributed by atoms with Crippen LogP contribution in [-0.4, -0.2) is 38.1 Å². The lowest BCUT2D eigenvalue weighted by Gasteiger charge is -2.19. The van der Waals surface area contributed by atoms with Crippen molar-refractivity contribution in [1.29, 1.82) is 0 Å². The first-order valence-electron chi connectivity index (χ1n) is 6.21. The van der Waals surface area contributed by atoms with E-state index < -0.39 is 0 Å². The molecule has 1 atom stereocenters. The molecular formula is C14H22N2O2. The third-order valence-corrected chi connectivity index (χ3v) is 2.74. The first kappa shape index (κ1) is 14.5. The summed E-state index contributed by atoms with van der Waals surface area (Å²) in [6.07, 6.45) is 0. The normalized spacial score (nSPS) is 12.0. The summed E-state index contributed by atoms with van der Waals surface area (Å²) >= 11 is 0. The van der Waals surface area contributed by atoms with Crippen molar-refractivity contribution < 1.29 is 9.53 Å². The zero-order valence-electron chi connectivity index (χ0n) is 11.6. The molecule has 1 amide bonds. The van der Waals surface area contributed by atoms with Crippen LogP contribution < -0.4 is 10.1 Å². The highest BCUT2D eigenvalue weighted by Crippen LogP contribution is 2.24. The maximum Gasteiger partial charge on any atom is 0.236 e. The van der Waals surface area contributed by atoms with Crippen LogP contribution in [0.4, 0.5) is 0 Å². The van der Waals surface area contributed by atoms with Crippen molar-refractivity contribution in [3.8, 4) is 5.75 Å². The highest BCUT2D eigenvalue weighted by molar-refractivity contribution is 5.77. The minimum absolute atomic E-state index is 0.0655. The van der Waals surface area contributed by atoms with Crippen LogP contribution in [-0.2, 0) is 4.79 Å². The second-order valence-electron chi connectivity index (χ2n) is 4.36. The maximum atomic E-state index is 11.5. The quantitative estimate of drug-likeness (QED) is 0.837. The molecule has 0 saturated carbocycles. The summed E-state index contributed by atoms with van der Waals surface area (Å²) in [6.45, 7) is 4.96. The van der Waals surface area contributed by atoms with E-state index in [1.54, 1.807) is 19.0 Å². The van der Waals surface area contributed by atoms with Crippen molar-refractivity contribution in [2.45, 2.75) is 19.9 Å². The van der Waals surface area contributed by atoms with Crippen LogP contribution in [0.2, 0.25) is 0 Å². The van der Waals surface area contributed by atoms with Crippen LogP contribution in [0.25, 0.3) is 0 Å². The Bertz CT molecular complexity index is 391. The number of hydrogen-bond donors (Lipinski definition) is 1. The Balaban J connectivity index is 2.66. The SMILES string of the molecule is CCOc1ccccc1C(C)NCC(=O)N(C)C. The molecule has 0 aliphatic rings.